The second-order valence-corrected chi connectivity index (χ2v) is 3.14. The molecule has 0 aromatic heterocycles. The van der Waals surface area contributed by atoms with E-state index in [1.807, 2.05) is 6.92 Å². The van der Waals surface area contributed by atoms with Gasteiger partial charge in [0, 0.05) is 5.56 Å². The fourth-order valence-electron chi connectivity index (χ4n) is 0.894. The highest BCUT2D eigenvalue weighted by Crippen LogP contribution is 2.27. The Kier molecular flexibility index (Phi) is 2.74. The molecule has 1 aromatic carbocycles. The zero-order chi connectivity index (χ0) is 8.43. The van der Waals surface area contributed by atoms with Crippen molar-refractivity contribution in [2.75, 3.05) is 0 Å². The smallest absolute Gasteiger partial charge is 0.116 e. The first-order chi connectivity index (χ1) is 5.15. The van der Waals surface area contributed by atoms with E-state index in [0.29, 0.717) is 15.6 Å². The van der Waals surface area contributed by atoms with E-state index < -0.39 is 6.67 Å². The molecule has 0 saturated carbocycles. The lowest BCUT2D eigenvalue weighted by Crippen LogP contribution is -1.84. The first kappa shape index (κ1) is 8.82. The maximum Gasteiger partial charge on any atom is 0.116 e. The highest BCUT2D eigenvalue weighted by Gasteiger charge is 2.04. The first-order valence-corrected chi connectivity index (χ1v) is 3.91. The summed E-state index contributed by atoms with van der Waals surface area (Å²) in [6.45, 7) is 1.28. The molecule has 1 rings (SSSR count). The fourth-order valence-corrected chi connectivity index (χ4v) is 1.35. The van der Waals surface area contributed by atoms with Crippen LogP contribution >= 0.6 is 23.2 Å². The summed E-state index contributed by atoms with van der Waals surface area (Å²) >= 11 is 11.4. The van der Waals surface area contributed by atoms with Crippen LogP contribution in [0.1, 0.15) is 11.1 Å². The minimum absolute atomic E-state index is 0.319. The minimum Gasteiger partial charge on any atom is -0.246 e. The number of hydrogen-bond donors (Lipinski definition) is 0. The summed E-state index contributed by atoms with van der Waals surface area (Å²) < 4.78 is 12.2. The predicted molar refractivity (Wildman–Crippen MR) is 46.0 cm³/mol. The van der Waals surface area contributed by atoms with E-state index in [4.69, 9.17) is 23.2 Å². The van der Waals surface area contributed by atoms with Gasteiger partial charge in [-0.25, -0.2) is 4.39 Å². The second kappa shape index (κ2) is 3.42. The molecule has 0 radical (unpaired) electrons. The van der Waals surface area contributed by atoms with E-state index in [1.54, 1.807) is 12.1 Å². The normalized spacial score (nSPS) is 10.2. The summed E-state index contributed by atoms with van der Waals surface area (Å²) in [6.07, 6.45) is 0. The molecule has 0 aliphatic carbocycles. The van der Waals surface area contributed by atoms with E-state index in [1.165, 1.54) is 0 Å². The number of alkyl halides is 1. The van der Waals surface area contributed by atoms with Gasteiger partial charge in [-0.2, -0.15) is 0 Å². The van der Waals surface area contributed by atoms with Gasteiger partial charge in [0.2, 0.25) is 0 Å². The van der Waals surface area contributed by atoms with Crippen LogP contribution in [0.4, 0.5) is 4.39 Å². The second-order valence-electron chi connectivity index (χ2n) is 2.35. The molecule has 3 heteroatoms. The summed E-state index contributed by atoms with van der Waals surface area (Å²) in [7, 11) is 0. The Morgan fingerprint density at radius 2 is 2.00 bits per heavy atom. The van der Waals surface area contributed by atoms with Gasteiger partial charge in [0.1, 0.15) is 6.67 Å². The van der Waals surface area contributed by atoms with E-state index in [9.17, 15) is 4.39 Å². The summed E-state index contributed by atoms with van der Waals surface area (Å²) in [5.41, 5.74) is 1.38. The van der Waals surface area contributed by atoms with Crippen molar-refractivity contribution in [1.29, 1.82) is 0 Å². The molecular weight excluding hydrogens is 186 g/mol. The summed E-state index contributed by atoms with van der Waals surface area (Å²) in [5, 5.41) is 0.735. The molecule has 0 nitrogen and oxygen atoms in total. The third kappa shape index (κ3) is 1.85. The van der Waals surface area contributed by atoms with Gasteiger partial charge in [-0.3, -0.25) is 0 Å². The first-order valence-electron chi connectivity index (χ1n) is 3.15. The Balaban J connectivity index is 3.24. The van der Waals surface area contributed by atoms with Gasteiger partial charge in [0.15, 0.2) is 0 Å². The molecule has 1 aromatic rings. The van der Waals surface area contributed by atoms with Crippen molar-refractivity contribution < 1.29 is 4.39 Å². The Morgan fingerprint density at radius 1 is 1.36 bits per heavy atom. The SMILES string of the molecule is Cc1cc(Cl)c(Cl)c(CF)c1. The molecule has 0 amide bonds. The van der Waals surface area contributed by atoms with Crippen molar-refractivity contribution >= 4 is 23.2 Å². The van der Waals surface area contributed by atoms with Crippen LogP contribution in [0, 0.1) is 6.92 Å². The van der Waals surface area contributed by atoms with Crippen LogP contribution in [-0.4, -0.2) is 0 Å². The van der Waals surface area contributed by atoms with Crippen LogP contribution in [0.3, 0.4) is 0 Å². The summed E-state index contributed by atoms with van der Waals surface area (Å²) in [5.74, 6) is 0. The molecule has 0 saturated heterocycles. The van der Waals surface area contributed by atoms with Gasteiger partial charge >= 0.3 is 0 Å². The van der Waals surface area contributed by atoms with Crippen LogP contribution in [0.15, 0.2) is 12.1 Å². The Labute approximate surface area is 74.9 Å². The monoisotopic (exact) mass is 192 g/mol. The Hall–Kier alpha value is -0.270. The van der Waals surface area contributed by atoms with Gasteiger partial charge < -0.3 is 0 Å². The van der Waals surface area contributed by atoms with Crippen molar-refractivity contribution in [1.82, 2.24) is 0 Å². The van der Waals surface area contributed by atoms with Crippen molar-refractivity contribution in [3.05, 3.63) is 33.3 Å². The minimum atomic E-state index is -0.569. The molecule has 0 N–H and O–H groups in total. The van der Waals surface area contributed by atoms with Crippen LogP contribution < -0.4 is 0 Å². The molecule has 0 aliphatic rings. The molecule has 0 heterocycles. The zero-order valence-electron chi connectivity index (χ0n) is 6.00. The van der Waals surface area contributed by atoms with Gasteiger partial charge in [-0.1, -0.05) is 29.3 Å². The maximum atomic E-state index is 12.2. The van der Waals surface area contributed by atoms with Gasteiger partial charge in [0.05, 0.1) is 10.0 Å². The zero-order valence-corrected chi connectivity index (χ0v) is 7.51. The average Bonchev–Trinajstić information content (AvgIpc) is 1.96. The quantitative estimate of drug-likeness (QED) is 0.636. The van der Waals surface area contributed by atoms with Crippen molar-refractivity contribution in [3.63, 3.8) is 0 Å². The van der Waals surface area contributed by atoms with Gasteiger partial charge in [-0.05, 0) is 18.6 Å². The molecule has 11 heavy (non-hydrogen) atoms. The molecule has 0 aliphatic heterocycles. The molecule has 0 fully saturated rings. The van der Waals surface area contributed by atoms with Crippen molar-refractivity contribution in [2.24, 2.45) is 0 Å². The highest BCUT2D eigenvalue weighted by molar-refractivity contribution is 6.42. The van der Waals surface area contributed by atoms with Crippen LogP contribution in [-0.2, 0) is 6.67 Å². The van der Waals surface area contributed by atoms with Crippen molar-refractivity contribution in [3.8, 4) is 0 Å². The van der Waals surface area contributed by atoms with E-state index >= 15 is 0 Å². The van der Waals surface area contributed by atoms with E-state index in [-0.39, 0.29) is 0 Å². The third-order valence-corrected chi connectivity index (χ3v) is 2.23. The molecule has 60 valence electrons. The van der Waals surface area contributed by atoms with Gasteiger partial charge in [0.25, 0.3) is 0 Å². The average molecular weight is 193 g/mol. The lowest BCUT2D eigenvalue weighted by Gasteiger charge is -2.02. The summed E-state index contributed by atoms with van der Waals surface area (Å²) in [6, 6.07) is 3.40. The van der Waals surface area contributed by atoms with E-state index in [0.717, 1.165) is 5.56 Å². The predicted octanol–water partition coefficient (Wildman–Crippen LogP) is 3.77. The lowest BCUT2D eigenvalue weighted by molar-refractivity contribution is 0.485. The Bertz CT molecular complexity index is 271. The standard InChI is InChI=1S/C8H7Cl2F/c1-5-2-6(4-11)8(10)7(9)3-5/h2-3H,4H2,1H3. The van der Waals surface area contributed by atoms with Gasteiger partial charge in [-0.15, -0.1) is 0 Å². The number of aryl methyl sites for hydroxylation is 1. The summed E-state index contributed by atoms with van der Waals surface area (Å²) in [4.78, 5) is 0. The maximum absolute atomic E-state index is 12.2. The molecule has 0 unspecified atom stereocenters. The van der Waals surface area contributed by atoms with Crippen LogP contribution in [0.25, 0.3) is 0 Å². The number of rotatable bonds is 1. The lowest BCUT2D eigenvalue weighted by atomic mass is 10.1. The number of benzene rings is 1. The molecule has 0 atom stereocenters. The molecular formula is C8H7Cl2F. The highest BCUT2D eigenvalue weighted by atomic mass is 35.5. The number of halogens is 3. The van der Waals surface area contributed by atoms with Crippen LogP contribution in [0.5, 0.6) is 0 Å². The van der Waals surface area contributed by atoms with Crippen molar-refractivity contribution in [2.45, 2.75) is 13.6 Å². The number of hydrogen-bond acceptors (Lipinski definition) is 0. The Morgan fingerprint density at radius 3 is 2.55 bits per heavy atom. The topological polar surface area (TPSA) is 0 Å². The molecule has 0 bridgehead atoms. The fraction of sp³-hybridized carbons (Fsp3) is 0.250. The largest absolute Gasteiger partial charge is 0.246 e. The third-order valence-electron chi connectivity index (χ3n) is 1.39. The van der Waals surface area contributed by atoms with Crippen LogP contribution in [0.2, 0.25) is 10.0 Å². The molecule has 0 spiro atoms. The van der Waals surface area contributed by atoms with E-state index in [2.05, 4.69) is 0 Å².